The fraction of sp³-hybridized carbons (Fsp3) is 0.529. The van der Waals surface area contributed by atoms with Gasteiger partial charge in [-0.2, -0.15) is 4.98 Å². The maximum atomic E-state index is 13.9. The molecule has 124 valence electrons. The Bertz CT molecular complexity index is 651. The lowest BCUT2D eigenvalue weighted by molar-refractivity contribution is 0.173. The van der Waals surface area contributed by atoms with Crippen molar-refractivity contribution in [3.8, 4) is 5.75 Å². The first-order chi connectivity index (χ1) is 11.1. The summed E-state index contributed by atoms with van der Waals surface area (Å²) >= 11 is 0. The highest BCUT2D eigenvalue weighted by Crippen LogP contribution is 2.24. The van der Waals surface area contributed by atoms with Crippen LogP contribution < -0.4 is 4.74 Å². The van der Waals surface area contributed by atoms with Crippen LogP contribution in [0.3, 0.4) is 0 Å². The predicted molar refractivity (Wildman–Crippen MR) is 83.7 cm³/mol. The summed E-state index contributed by atoms with van der Waals surface area (Å²) in [6.45, 7) is 4.34. The molecule has 0 N–H and O–H groups in total. The second kappa shape index (κ2) is 7.08. The zero-order valence-corrected chi connectivity index (χ0v) is 13.6. The molecule has 0 aliphatic carbocycles. The van der Waals surface area contributed by atoms with E-state index in [4.69, 9.17) is 9.26 Å². The van der Waals surface area contributed by atoms with Gasteiger partial charge < -0.3 is 9.26 Å². The Labute approximate surface area is 135 Å². The van der Waals surface area contributed by atoms with E-state index < -0.39 is 0 Å². The van der Waals surface area contributed by atoms with Gasteiger partial charge in [0.15, 0.2) is 5.82 Å². The monoisotopic (exact) mass is 319 g/mol. The van der Waals surface area contributed by atoms with E-state index in [2.05, 4.69) is 15.0 Å². The van der Waals surface area contributed by atoms with Crippen molar-refractivity contribution in [2.24, 2.45) is 5.92 Å². The summed E-state index contributed by atoms with van der Waals surface area (Å²) in [6, 6.07) is 4.90. The molecule has 1 saturated heterocycles. The molecule has 6 heteroatoms. The lowest BCUT2D eigenvalue weighted by Gasteiger charge is -2.31. The summed E-state index contributed by atoms with van der Waals surface area (Å²) in [6.07, 6.45) is 3.00. The lowest BCUT2D eigenvalue weighted by atomic mass is 9.93. The van der Waals surface area contributed by atoms with E-state index in [0.29, 0.717) is 29.7 Å². The van der Waals surface area contributed by atoms with Crippen molar-refractivity contribution >= 4 is 0 Å². The number of likely N-dealkylation sites (tertiary alicyclic amines) is 1. The van der Waals surface area contributed by atoms with E-state index in [9.17, 15) is 4.39 Å². The fourth-order valence-corrected chi connectivity index (χ4v) is 3.07. The topological polar surface area (TPSA) is 51.4 Å². The summed E-state index contributed by atoms with van der Waals surface area (Å²) in [5.41, 5.74) is 0.691. The molecule has 0 saturated carbocycles. The van der Waals surface area contributed by atoms with E-state index in [1.54, 1.807) is 19.2 Å². The third-order valence-electron chi connectivity index (χ3n) is 4.39. The van der Waals surface area contributed by atoms with E-state index >= 15 is 0 Å². The van der Waals surface area contributed by atoms with Gasteiger partial charge in [0.2, 0.25) is 5.89 Å². The number of hydrogen-bond donors (Lipinski definition) is 0. The van der Waals surface area contributed by atoms with E-state index in [1.807, 2.05) is 6.92 Å². The lowest BCUT2D eigenvalue weighted by Crippen LogP contribution is -2.34. The van der Waals surface area contributed by atoms with Crippen LogP contribution in [0.25, 0.3) is 0 Å². The smallest absolute Gasteiger partial charge is 0.223 e. The number of methoxy groups -OCH3 is 1. The van der Waals surface area contributed by atoms with Crippen molar-refractivity contribution in [2.45, 2.75) is 32.7 Å². The molecule has 1 fully saturated rings. The molecule has 2 heterocycles. The van der Waals surface area contributed by atoms with Gasteiger partial charge >= 0.3 is 0 Å². The van der Waals surface area contributed by atoms with Gasteiger partial charge in [0.1, 0.15) is 11.6 Å². The summed E-state index contributed by atoms with van der Waals surface area (Å²) in [5, 5.41) is 3.96. The summed E-state index contributed by atoms with van der Waals surface area (Å²) in [4.78, 5) is 6.55. The van der Waals surface area contributed by atoms with Crippen molar-refractivity contribution in [3.63, 3.8) is 0 Å². The van der Waals surface area contributed by atoms with Crippen LogP contribution in [0.2, 0.25) is 0 Å². The van der Waals surface area contributed by atoms with Crippen molar-refractivity contribution in [1.29, 1.82) is 0 Å². The number of hydrogen-bond acceptors (Lipinski definition) is 5. The number of rotatable bonds is 5. The normalized spacial score (nSPS) is 16.7. The van der Waals surface area contributed by atoms with Crippen LogP contribution in [0.4, 0.5) is 4.39 Å². The largest absolute Gasteiger partial charge is 0.497 e. The van der Waals surface area contributed by atoms with E-state index in [-0.39, 0.29) is 5.82 Å². The quantitative estimate of drug-likeness (QED) is 0.848. The molecule has 1 aliphatic rings. The Hall–Kier alpha value is -1.95. The van der Waals surface area contributed by atoms with Crippen LogP contribution in [0.15, 0.2) is 22.7 Å². The highest BCUT2D eigenvalue weighted by Gasteiger charge is 2.22. The Morgan fingerprint density at radius 1 is 1.35 bits per heavy atom. The molecule has 1 aromatic carbocycles. The SMILES string of the molecule is COc1ccc(F)c(CN2CCC(Cc3noc(C)n3)CC2)c1. The average molecular weight is 319 g/mol. The molecule has 23 heavy (non-hydrogen) atoms. The van der Waals surface area contributed by atoms with Crippen LogP contribution in [0.5, 0.6) is 5.75 Å². The highest BCUT2D eigenvalue weighted by atomic mass is 19.1. The van der Waals surface area contributed by atoms with E-state index in [1.165, 1.54) is 6.07 Å². The Kier molecular flexibility index (Phi) is 4.91. The molecule has 0 spiro atoms. The number of piperidine rings is 1. The molecule has 2 aromatic rings. The van der Waals surface area contributed by atoms with Gasteiger partial charge in [-0.25, -0.2) is 4.39 Å². The molecule has 0 radical (unpaired) electrons. The van der Waals surface area contributed by atoms with Crippen LogP contribution in [-0.4, -0.2) is 35.2 Å². The van der Waals surface area contributed by atoms with Gasteiger partial charge in [0.05, 0.1) is 7.11 Å². The predicted octanol–water partition coefficient (Wildman–Crippen LogP) is 2.98. The number of aromatic nitrogens is 2. The Morgan fingerprint density at radius 3 is 2.78 bits per heavy atom. The summed E-state index contributed by atoms with van der Waals surface area (Å²) < 4.78 is 24.1. The Morgan fingerprint density at radius 2 is 2.13 bits per heavy atom. The number of ether oxygens (including phenoxy) is 1. The molecule has 0 amide bonds. The van der Waals surface area contributed by atoms with Crippen molar-refractivity contribution in [1.82, 2.24) is 15.0 Å². The molecule has 1 aliphatic heterocycles. The molecule has 3 rings (SSSR count). The standard InChI is InChI=1S/C17H22FN3O2/c1-12-19-17(20-23-12)9-13-5-7-21(8-6-13)11-14-10-15(22-2)3-4-16(14)18/h3-4,10,13H,5-9,11H2,1-2H3. The maximum Gasteiger partial charge on any atom is 0.223 e. The maximum absolute atomic E-state index is 13.9. The molecule has 1 aromatic heterocycles. The van der Waals surface area contributed by atoms with Crippen molar-refractivity contribution < 1.29 is 13.7 Å². The molecule has 0 atom stereocenters. The molecular formula is C17H22FN3O2. The number of aryl methyl sites for hydroxylation is 1. The van der Waals surface area contributed by atoms with Gasteiger partial charge in [-0.05, 0) is 50.0 Å². The fourth-order valence-electron chi connectivity index (χ4n) is 3.07. The molecular weight excluding hydrogens is 297 g/mol. The first-order valence-electron chi connectivity index (χ1n) is 7.98. The average Bonchev–Trinajstić information content (AvgIpc) is 2.96. The number of halogens is 1. The first-order valence-corrected chi connectivity index (χ1v) is 7.98. The van der Waals surface area contributed by atoms with Crippen LogP contribution in [-0.2, 0) is 13.0 Å². The second-order valence-corrected chi connectivity index (χ2v) is 6.11. The van der Waals surface area contributed by atoms with Gasteiger partial charge in [0.25, 0.3) is 0 Å². The van der Waals surface area contributed by atoms with Gasteiger partial charge in [0, 0.05) is 25.5 Å². The van der Waals surface area contributed by atoms with Crippen LogP contribution in [0.1, 0.15) is 30.1 Å². The first kappa shape index (κ1) is 15.9. The Balaban J connectivity index is 1.53. The van der Waals surface area contributed by atoms with Crippen molar-refractivity contribution in [2.75, 3.05) is 20.2 Å². The number of nitrogens with zero attached hydrogens (tertiary/aromatic N) is 3. The third-order valence-corrected chi connectivity index (χ3v) is 4.39. The van der Waals surface area contributed by atoms with Gasteiger partial charge in [-0.3, -0.25) is 4.90 Å². The summed E-state index contributed by atoms with van der Waals surface area (Å²) in [5.74, 6) is 2.50. The molecule has 0 bridgehead atoms. The van der Waals surface area contributed by atoms with Crippen molar-refractivity contribution in [3.05, 3.63) is 41.3 Å². The minimum absolute atomic E-state index is 0.171. The second-order valence-electron chi connectivity index (χ2n) is 6.11. The molecule has 0 unspecified atom stereocenters. The minimum Gasteiger partial charge on any atom is -0.497 e. The van der Waals surface area contributed by atoms with E-state index in [0.717, 1.165) is 38.2 Å². The zero-order chi connectivity index (χ0) is 16.2. The zero-order valence-electron chi connectivity index (χ0n) is 13.6. The number of benzene rings is 1. The van der Waals surface area contributed by atoms with Gasteiger partial charge in [-0.1, -0.05) is 5.16 Å². The third kappa shape index (κ3) is 4.07. The van der Waals surface area contributed by atoms with Crippen LogP contribution >= 0.6 is 0 Å². The minimum atomic E-state index is -0.171. The highest BCUT2D eigenvalue weighted by molar-refractivity contribution is 5.29. The van der Waals surface area contributed by atoms with Gasteiger partial charge in [-0.15, -0.1) is 0 Å². The summed E-state index contributed by atoms with van der Waals surface area (Å²) in [7, 11) is 1.60. The molecule has 5 nitrogen and oxygen atoms in total. The van der Waals surface area contributed by atoms with Crippen LogP contribution in [0, 0.1) is 18.7 Å².